The van der Waals surface area contributed by atoms with Gasteiger partial charge in [0.25, 0.3) is 5.91 Å². The van der Waals surface area contributed by atoms with Crippen molar-refractivity contribution in [3.63, 3.8) is 0 Å². The van der Waals surface area contributed by atoms with E-state index in [4.69, 9.17) is 13.9 Å². The minimum Gasteiger partial charge on any atom is -0.493 e. The number of ether oxygens (including phenoxy) is 2. The molecule has 0 saturated heterocycles. The third kappa shape index (κ3) is 4.49. The molecule has 0 aliphatic carbocycles. The van der Waals surface area contributed by atoms with Crippen LogP contribution in [0.25, 0.3) is 11.0 Å². The summed E-state index contributed by atoms with van der Waals surface area (Å²) in [5.74, 6) is 0.569. The van der Waals surface area contributed by atoms with Crippen LogP contribution in [0.2, 0.25) is 0 Å². The van der Waals surface area contributed by atoms with Crippen LogP contribution >= 0.6 is 27.3 Å². The number of benzene rings is 3. The van der Waals surface area contributed by atoms with Crippen molar-refractivity contribution in [1.82, 2.24) is 10.2 Å². The monoisotopic (exact) mass is 603 g/mol. The summed E-state index contributed by atoms with van der Waals surface area (Å²) < 4.78 is 18.5. The number of rotatable bonds is 7. The van der Waals surface area contributed by atoms with Crippen LogP contribution in [0, 0.1) is 0 Å². The first-order chi connectivity index (χ1) is 19.0. The molecule has 1 aliphatic rings. The van der Waals surface area contributed by atoms with E-state index in [1.54, 1.807) is 37.4 Å². The third-order valence-corrected chi connectivity index (χ3v) is 8.10. The molecule has 0 bridgehead atoms. The molecule has 6 rings (SSSR count). The van der Waals surface area contributed by atoms with Gasteiger partial charge < -0.3 is 13.9 Å². The minimum atomic E-state index is -0.790. The number of carbonyl (C=O) groups excluding carboxylic acids is 1. The molecular formula is C29H22BrN3O5S. The summed E-state index contributed by atoms with van der Waals surface area (Å²) in [4.78, 5) is 29.1. The smallest absolute Gasteiger partial charge is 0.297 e. The molecule has 8 nitrogen and oxygen atoms in total. The molecule has 5 aromatic rings. The van der Waals surface area contributed by atoms with Gasteiger partial charge in [0.15, 0.2) is 16.9 Å². The van der Waals surface area contributed by atoms with Crippen molar-refractivity contribution >= 4 is 49.3 Å². The van der Waals surface area contributed by atoms with E-state index in [1.165, 1.54) is 16.2 Å². The van der Waals surface area contributed by atoms with Gasteiger partial charge in [0.05, 0.1) is 24.1 Å². The molecule has 0 spiro atoms. The van der Waals surface area contributed by atoms with E-state index in [2.05, 4.69) is 26.1 Å². The number of aryl methyl sites for hydroxylation is 1. The Morgan fingerprint density at radius 2 is 1.85 bits per heavy atom. The first-order valence-electron chi connectivity index (χ1n) is 12.2. The predicted octanol–water partition coefficient (Wildman–Crippen LogP) is 6.31. The molecule has 1 amide bonds. The van der Waals surface area contributed by atoms with Crippen LogP contribution in [0.4, 0.5) is 5.13 Å². The summed E-state index contributed by atoms with van der Waals surface area (Å²) in [7, 11) is 1.55. The molecule has 1 unspecified atom stereocenters. The lowest BCUT2D eigenvalue weighted by atomic mass is 9.98. The van der Waals surface area contributed by atoms with E-state index < -0.39 is 11.9 Å². The molecule has 39 heavy (non-hydrogen) atoms. The maximum Gasteiger partial charge on any atom is 0.297 e. The number of hydrogen-bond donors (Lipinski definition) is 0. The fourth-order valence-corrected chi connectivity index (χ4v) is 5.82. The van der Waals surface area contributed by atoms with E-state index >= 15 is 0 Å². The number of amides is 1. The van der Waals surface area contributed by atoms with Crippen molar-refractivity contribution in [2.24, 2.45) is 0 Å². The van der Waals surface area contributed by atoms with Gasteiger partial charge in [0.2, 0.25) is 10.9 Å². The normalized spacial score (nSPS) is 14.6. The Hall–Kier alpha value is -4.02. The largest absolute Gasteiger partial charge is 0.493 e. The van der Waals surface area contributed by atoms with Crippen LogP contribution in [-0.4, -0.2) is 23.2 Å². The van der Waals surface area contributed by atoms with E-state index in [1.807, 2.05) is 43.3 Å². The molecular weight excluding hydrogens is 582 g/mol. The Morgan fingerprint density at radius 1 is 1.03 bits per heavy atom. The van der Waals surface area contributed by atoms with Gasteiger partial charge in [-0.05, 0) is 47.9 Å². The molecule has 3 heterocycles. The van der Waals surface area contributed by atoms with Crippen LogP contribution in [0.15, 0.2) is 80.4 Å². The van der Waals surface area contributed by atoms with Crippen molar-refractivity contribution in [3.8, 4) is 11.5 Å². The van der Waals surface area contributed by atoms with Gasteiger partial charge in [-0.15, -0.1) is 10.2 Å². The fourth-order valence-electron chi connectivity index (χ4n) is 4.65. The van der Waals surface area contributed by atoms with Crippen molar-refractivity contribution < 1.29 is 18.7 Å². The molecule has 0 fully saturated rings. The zero-order valence-corrected chi connectivity index (χ0v) is 23.4. The minimum absolute atomic E-state index is 0.00329. The average molecular weight is 604 g/mol. The lowest BCUT2D eigenvalue weighted by molar-refractivity contribution is 0.0970. The van der Waals surface area contributed by atoms with Gasteiger partial charge >= 0.3 is 0 Å². The SMILES string of the molecule is CCc1nnc(N2C(=O)c3oc4ccc(Br)cc4c(=O)c3C2c2ccc(OCc3ccccc3)c(OC)c2)s1. The standard InChI is InChI=1S/C29H22BrN3O5S/c1-3-23-31-32-29(39-23)33-25(24-26(34)19-14-18(30)10-12-20(19)38-27(24)28(33)35)17-9-11-21(22(13-17)36-2)37-15-16-7-5-4-6-8-16/h4-14,25H,3,15H2,1-2H3. The van der Waals surface area contributed by atoms with Crippen molar-refractivity contribution in [2.45, 2.75) is 26.0 Å². The molecule has 0 radical (unpaired) electrons. The average Bonchev–Trinajstić information content (AvgIpc) is 3.55. The number of nitrogens with zero attached hydrogens (tertiary/aromatic N) is 3. The molecule has 2 aromatic heterocycles. The highest BCUT2D eigenvalue weighted by molar-refractivity contribution is 9.10. The lowest BCUT2D eigenvalue weighted by Crippen LogP contribution is -2.29. The summed E-state index contributed by atoms with van der Waals surface area (Å²) in [6.07, 6.45) is 0.674. The maximum atomic E-state index is 13.9. The summed E-state index contributed by atoms with van der Waals surface area (Å²) in [5, 5.41) is 10.0. The number of halogens is 1. The van der Waals surface area contributed by atoms with Gasteiger partial charge in [-0.2, -0.15) is 0 Å². The number of aromatic nitrogens is 2. The van der Waals surface area contributed by atoms with E-state index in [-0.39, 0.29) is 16.8 Å². The molecule has 0 N–H and O–H groups in total. The fraction of sp³-hybridized carbons (Fsp3) is 0.172. The Bertz CT molecular complexity index is 1770. The second-order valence-corrected chi connectivity index (χ2v) is 10.9. The Kier molecular flexibility index (Phi) is 6.66. The summed E-state index contributed by atoms with van der Waals surface area (Å²) in [6.45, 7) is 2.33. The zero-order chi connectivity index (χ0) is 27.1. The van der Waals surface area contributed by atoms with Crippen LogP contribution in [-0.2, 0) is 13.0 Å². The summed E-state index contributed by atoms with van der Waals surface area (Å²) in [5.41, 5.74) is 1.98. The molecule has 0 saturated carbocycles. The van der Waals surface area contributed by atoms with E-state index in [0.717, 1.165) is 15.0 Å². The molecule has 10 heteroatoms. The van der Waals surface area contributed by atoms with E-state index in [0.29, 0.717) is 46.2 Å². The molecule has 196 valence electrons. The Balaban J connectivity index is 1.49. The topological polar surface area (TPSA) is 94.8 Å². The van der Waals surface area contributed by atoms with Crippen LogP contribution in [0.5, 0.6) is 11.5 Å². The van der Waals surface area contributed by atoms with Gasteiger partial charge in [-0.3, -0.25) is 14.5 Å². The van der Waals surface area contributed by atoms with Crippen molar-refractivity contribution in [2.75, 3.05) is 12.0 Å². The first-order valence-corrected chi connectivity index (χ1v) is 13.9. The Labute approximate surface area is 235 Å². The highest BCUT2D eigenvalue weighted by Crippen LogP contribution is 2.44. The number of anilines is 1. The number of methoxy groups -OCH3 is 1. The van der Waals surface area contributed by atoms with Crippen LogP contribution < -0.4 is 19.8 Å². The zero-order valence-electron chi connectivity index (χ0n) is 21.0. The molecule has 3 aromatic carbocycles. The third-order valence-electron chi connectivity index (χ3n) is 6.54. The number of hydrogen-bond acceptors (Lipinski definition) is 8. The highest BCUT2D eigenvalue weighted by atomic mass is 79.9. The second-order valence-electron chi connectivity index (χ2n) is 8.91. The van der Waals surface area contributed by atoms with Crippen molar-refractivity contribution in [1.29, 1.82) is 0 Å². The summed E-state index contributed by atoms with van der Waals surface area (Å²) >= 11 is 4.74. The predicted molar refractivity (Wildman–Crippen MR) is 152 cm³/mol. The van der Waals surface area contributed by atoms with Gasteiger partial charge in [-0.1, -0.05) is 70.6 Å². The quantitative estimate of drug-likeness (QED) is 0.215. The molecule has 1 aliphatic heterocycles. The highest BCUT2D eigenvalue weighted by Gasteiger charge is 2.45. The van der Waals surface area contributed by atoms with E-state index in [9.17, 15) is 9.59 Å². The van der Waals surface area contributed by atoms with Crippen molar-refractivity contribution in [3.05, 3.63) is 109 Å². The number of carbonyl (C=O) groups is 1. The van der Waals surface area contributed by atoms with Crippen LogP contribution in [0.1, 0.15) is 45.2 Å². The van der Waals surface area contributed by atoms with Gasteiger partial charge in [0, 0.05) is 4.47 Å². The summed E-state index contributed by atoms with van der Waals surface area (Å²) in [6, 6.07) is 19.6. The second kappa shape index (κ2) is 10.3. The van der Waals surface area contributed by atoms with Crippen LogP contribution in [0.3, 0.4) is 0 Å². The maximum absolute atomic E-state index is 13.9. The lowest BCUT2D eigenvalue weighted by Gasteiger charge is -2.23. The molecule has 1 atom stereocenters. The first kappa shape index (κ1) is 25.3. The van der Waals surface area contributed by atoms with Gasteiger partial charge in [0.1, 0.15) is 17.2 Å². The Morgan fingerprint density at radius 3 is 2.59 bits per heavy atom. The number of fused-ring (bicyclic) bond motifs is 2. The van der Waals surface area contributed by atoms with Gasteiger partial charge in [-0.25, -0.2) is 0 Å².